The van der Waals surface area contributed by atoms with Crippen LogP contribution in [0.2, 0.25) is 0 Å². The molecule has 1 saturated carbocycles. The lowest BCUT2D eigenvalue weighted by atomic mass is 9.95. The zero-order valence-electron chi connectivity index (χ0n) is 24.6. The number of aryl methyl sites for hydroxylation is 2. The van der Waals surface area contributed by atoms with Crippen molar-refractivity contribution >= 4 is 27.5 Å². The lowest BCUT2D eigenvalue weighted by molar-refractivity contribution is -0.140. The largest absolute Gasteiger partial charge is 0.352 e. The number of rotatable bonds is 11. The predicted molar refractivity (Wildman–Crippen MR) is 163 cm³/mol. The van der Waals surface area contributed by atoms with Crippen molar-refractivity contribution in [3.63, 3.8) is 0 Å². The molecule has 3 aromatic carbocycles. The quantitative estimate of drug-likeness (QED) is 0.300. The Morgan fingerprint density at radius 3 is 2.21 bits per heavy atom. The van der Waals surface area contributed by atoms with Gasteiger partial charge in [0.1, 0.15) is 18.4 Å². The summed E-state index contributed by atoms with van der Waals surface area (Å²) < 4.78 is 43.8. The van der Waals surface area contributed by atoms with Crippen LogP contribution in [0.1, 0.15) is 62.1 Å². The molecule has 1 N–H and O–H groups in total. The standard InChI is InChI=1S/C33H40FN3O4S/c1-4-30(33(39)35-27-14-6-5-7-15-27)36(22-26-13-9-8-12-25(26)3)32(38)23-37(31-17-11-10-16-29(31)34)42(40,41)28-20-18-24(2)19-21-28/h8-13,16-21,27,30H,4-7,14-15,22-23H2,1-3H3,(H,35,39). The highest BCUT2D eigenvalue weighted by molar-refractivity contribution is 7.92. The van der Waals surface area contributed by atoms with Crippen LogP contribution in [0.5, 0.6) is 0 Å². The van der Waals surface area contributed by atoms with Crippen LogP contribution >= 0.6 is 0 Å². The topological polar surface area (TPSA) is 86.8 Å². The molecular formula is C33H40FN3O4S. The number of para-hydroxylation sites is 1. The Morgan fingerprint density at radius 2 is 1.57 bits per heavy atom. The van der Waals surface area contributed by atoms with E-state index in [0.29, 0.717) is 6.42 Å². The van der Waals surface area contributed by atoms with Crippen molar-refractivity contribution < 1.29 is 22.4 Å². The number of amides is 2. The van der Waals surface area contributed by atoms with E-state index in [1.807, 2.05) is 45.0 Å². The molecule has 4 rings (SSSR count). The van der Waals surface area contributed by atoms with Crippen molar-refractivity contribution in [3.05, 3.63) is 95.3 Å². The predicted octanol–water partition coefficient (Wildman–Crippen LogP) is 5.89. The Kier molecular flexibility index (Phi) is 10.4. The third-order valence-electron chi connectivity index (χ3n) is 7.95. The molecule has 1 aliphatic rings. The first kappa shape index (κ1) is 31.2. The van der Waals surface area contributed by atoms with Crippen LogP contribution in [0.15, 0.2) is 77.7 Å². The summed E-state index contributed by atoms with van der Waals surface area (Å²) in [5.41, 5.74) is 2.41. The number of halogens is 1. The Bertz CT molecular complexity index is 1490. The van der Waals surface area contributed by atoms with Crippen LogP contribution in [0.25, 0.3) is 0 Å². The zero-order valence-corrected chi connectivity index (χ0v) is 25.4. The van der Waals surface area contributed by atoms with E-state index in [0.717, 1.165) is 59.2 Å². The summed E-state index contributed by atoms with van der Waals surface area (Å²) in [6.45, 7) is 5.03. The van der Waals surface area contributed by atoms with Crippen molar-refractivity contribution in [1.82, 2.24) is 10.2 Å². The van der Waals surface area contributed by atoms with Crippen LogP contribution in [-0.2, 0) is 26.2 Å². The smallest absolute Gasteiger partial charge is 0.264 e. The maximum Gasteiger partial charge on any atom is 0.264 e. The number of carbonyl (C=O) groups is 2. The van der Waals surface area contributed by atoms with E-state index in [2.05, 4.69) is 5.32 Å². The molecule has 1 atom stereocenters. The number of benzene rings is 3. The number of nitrogens with one attached hydrogen (secondary N) is 1. The second-order valence-corrected chi connectivity index (χ2v) is 12.9. The van der Waals surface area contributed by atoms with Gasteiger partial charge in [-0.1, -0.05) is 80.3 Å². The highest BCUT2D eigenvalue weighted by atomic mass is 32.2. The second kappa shape index (κ2) is 14.0. The molecular weight excluding hydrogens is 553 g/mol. The Morgan fingerprint density at radius 1 is 0.929 bits per heavy atom. The van der Waals surface area contributed by atoms with E-state index in [9.17, 15) is 18.0 Å². The Balaban J connectivity index is 1.72. The molecule has 42 heavy (non-hydrogen) atoms. The molecule has 224 valence electrons. The van der Waals surface area contributed by atoms with E-state index in [4.69, 9.17) is 0 Å². The molecule has 2 amide bonds. The monoisotopic (exact) mass is 593 g/mol. The van der Waals surface area contributed by atoms with Crippen molar-refractivity contribution in [2.24, 2.45) is 0 Å². The van der Waals surface area contributed by atoms with Gasteiger partial charge in [0.25, 0.3) is 10.0 Å². The van der Waals surface area contributed by atoms with E-state index in [-0.39, 0.29) is 29.1 Å². The van der Waals surface area contributed by atoms with Crippen molar-refractivity contribution in [3.8, 4) is 0 Å². The Labute approximate surface area is 248 Å². The van der Waals surface area contributed by atoms with Gasteiger partial charge in [0.15, 0.2) is 0 Å². The summed E-state index contributed by atoms with van der Waals surface area (Å²) >= 11 is 0. The summed E-state index contributed by atoms with van der Waals surface area (Å²) in [5, 5.41) is 3.14. The van der Waals surface area contributed by atoms with Gasteiger partial charge in [0, 0.05) is 12.6 Å². The minimum atomic E-state index is -4.33. The van der Waals surface area contributed by atoms with Gasteiger partial charge in [-0.05, 0) is 68.5 Å². The fourth-order valence-corrected chi connectivity index (χ4v) is 6.86. The number of sulfonamides is 1. The molecule has 0 radical (unpaired) electrons. The maximum absolute atomic E-state index is 15.1. The van der Waals surface area contributed by atoms with Crippen molar-refractivity contribution in [2.45, 2.75) is 82.8 Å². The summed E-state index contributed by atoms with van der Waals surface area (Å²) in [6.07, 6.45) is 5.35. The van der Waals surface area contributed by atoms with Crippen LogP contribution in [0.3, 0.4) is 0 Å². The summed E-state index contributed by atoms with van der Waals surface area (Å²) in [4.78, 5) is 29.2. The van der Waals surface area contributed by atoms with Gasteiger partial charge in [-0.15, -0.1) is 0 Å². The highest BCUT2D eigenvalue weighted by Gasteiger charge is 2.35. The normalized spacial score (nSPS) is 14.7. The second-order valence-electron chi connectivity index (χ2n) is 11.0. The molecule has 0 heterocycles. The molecule has 0 aliphatic heterocycles. The minimum Gasteiger partial charge on any atom is -0.352 e. The van der Waals surface area contributed by atoms with Crippen LogP contribution in [0.4, 0.5) is 10.1 Å². The average Bonchev–Trinajstić information content (AvgIpc) is 2.98. The minimum absolute atomic E-state index is 0.0486. The van der Waals surface area contributed by atoms with Crippen molar-refractivity contribution in [2.75, 3.05) is 10.8 Å². The van der Waals surface area contributed by atoms with E-state index in [1.165, 1.54) is 35.2 Å². The maximum atomic E-state index is 15.1. The molecule has 1 aliphatic carbocycles. The van der Waals surface area contributed by atoms with Gasteiger partial charge in [-0.2, -0.15) is 0 Å². The third-order valence-corrected chi connectivity index (χ3v) is 9.72. The molecule has 0 spiro atoms. The van der Waals surface area contributed by atoms with E-state index < -0.39 is 34.3 Å². The van der Waals surface area contributed by atoms with Gasteiger partial charge in [-0.3, -0.25) is 13.9 Å². The lowest BCUT2D eigenvalue weighted by Crippen LogP contribution is -2.54. The Hall–Kier alpha value is -3.72. The molecule has 0 aromatic heterocycles. The van der Waals surface area contributed by atoms with Crippen LogP contribution < -0.4 is 9.62 Å². The number of carbonyl (C=O) groups excluding carboxylic acids is 2. The van der Waals surface area contributed by atoms with Gasteiger partial charge in [0.05, 0.1) is 10.6 Å². The molecule has 1 fully saturated rings. The summed E-state index contributed by atoms with van der Waals surface area (Å²) in [7, 11) is -4.33. The zero-order chi connectivity index (χ0) is 30.3. The number of nitrogens with zero attached hydrogens (tertiary/aromatic N) is 2. The number of anilines is 1. The molecule has 1 unspecified atom stereocenters. The first-order valence-electron chi connectivity index (χ1n) is 14.6. The fraction of sp³-hybridized carbons (Fsp3) is 0.394. The van der Waals surface area contributed by atoms with Crippen LogP contribution in [0, 0.1) is 19.7 Å². The molecule has 9 heteroatoms. The van der Waals surface area contributed by atoms with Gasteiger partial charge in [0.2, 0.25) is 11.8 Å². The molecule has 3 aromatic rings. The lowest BCUT2D eigenvalue weighted by Gasteiger charge is -2.34. The van der Waals surface area contributed by atoms with Crippen molar-refractivity contribution in [1.29, 1.82) is 0 Å². The first-order chi connectivity index (χ1) is 20.1. The average molecular weight is 594 g/mol. The first-order valence-corrected chi connectivity index (χ1v) is 16.0. The van der Waals surface area contributed by atoms with Gasteiger partial charge in [-0.25, -0.2) is 12.8 Å². The van der Waals surface area contributed by atoms with E-state index >= 15 is 4.39 Å². The molecule has 0 bridgehead atoms. The number of hydrogen-bond acceptors (Lipinski definition) is 4. The van der Waals surface area contributed by atoms with E-state index in [1.54, 1.807) is 12.1 Å². The fourth-order valence-electron chi connectivity index (χ4n) is 5.44. The molecule has 7 nitrogen and oxygen atoms in total. The third kappa shape index (κ3) is 7.37. The van der Waals surface area contributed by atoms with Gasteiger partial charge >= 0.3 is 0 Å². The SMILES string of the molecule is CCC(C(=O)NC1CCCCC1)N(Cc1ccccc1C)C(=O)CN(c1ccccc1F)S(=O)(=O)c1ccc(C)cc1. The van der Waals surface area contributed by atoms with Gasteiger partial charge < -0.3 is 10.2 Å². The molecule has 0 saturated heterocycles. The highest BCUT2D eigenvalue weighted by Crippen LogP contribution is 2.28. The summed E-state index contributed by atoms with van der Waals surface area (Å²) in [6, 6.07) is 18.5. The van der Waals surface area contributed by atoms with Crippen LogP contribution in [-0.4, -0.2) is 43.8 Å². The number of hydrogen-bond donors (Lipinski definition) is 1. The summed E-state index contributed by atoms with van der Waals surface area (Å²) in [5.74, 6) is -1.62.